The highest BCUT2D eigenvalue weighted by molar-refractivity contribution is 7.88. The van der Waals surface area contributed by atoms with Gasteiger partial charge in [-0.05, 0) is 25.7 Å². The Morgan fingerprint density at radius 2 is 1.95 bits per heavy atom. The Bertz CT molecular complexity index is 421. The molecule has 7 heteroatoms. The van der Waals surface area contributed by atoms with Crippen molar-refractivity contribution in [2.45, 2.75) is 37.3 Å². The Labute approximate surface area is 122 Å². The lowest BCUT2D eigenvalue weighted by atomic mass is 9.78. The van der Waals surface area contributed by atoms with E-state index < -0.39 is 10.0 Å². The molecule has 2 unspecified atom stereocenters. The average Bonchev–Trinajstić information content (AvgIpc) is 2.46. The molecule has 0 radical (unpaired) electrons. The van der Waals surface area contributed by atoms with Gasteiger partial charge in [-0.25, -0.2) is 8.42 Å². The Hall–Kier alpha value is -0.210. The van der Waals surface area contributed by atoms with Gasteiger partial charge in [0.25, 0.3) is 0 Å². The summed E-state index contributed by atoms with van der Waals surface area (Å²) < 4.78 is 30.2. The maximum absolute atomic E-state index is 11.6. The zero-order valence-electron chi connectivity index (χ0n) is 12.5. The molecule has 1 aliphatic heterocycles. The molecule has 6 nitrogen and oxygen atoms in total. The second-order valence-electron chi connectivity index (χ2n) is 6.03. The second kappa shape index (κ2) is 6.27. The number of ether oxygens (including phenoxy) is 1. The second-order valence-corrected chi connectivity index (χ2v) is 8.01. The molecule has 1 saturated heterocycles. The van der Waals surface area contributed by atoms with Gasteiger partial charge in [-0.2, -0.15) is 4.31 Å². The number of piperazine rings is 1. The van der Waals surface area contributed by atoms with Crippen molar-refractivity contribution in [3.05, 3.63) is 0 Å². The van der Waals surface area contributed by atoms with Crippen LogP contribution in [0, 0.1) is 0 Å². The van der Waals surface area contributed by atoms with Crippen LogP contribution in [0.2, 0.25) is 0 Å². The molecular formula is C13H27N3O3S. The van der Waals surface area contributed by atoms with Crippen molar-refractivity contribution in [1.82, 2.24) is 9.21 Å². The normalized spacial score (nSPS) is 34.2. The molecule has 2 fully saturated rings. The summed E-state index contributed by atoms with van der Waals surface area (Å²) >= 11 is 0. The van der Waals surface area contributed by atoms with Crippen molar-refractivity contribution in [3.63, 3.8) is 0 Å². The molecule has 1 heterocycles. The first kappa shape index (κ1) is 16.2. The highest BCUT2D eigenvalue weighted by Gasteiger charge is 2.42. The predicted molar refractivity (Wildman–Crippen MR) is 79.0 cm³/mol. The van der Waals surface area contributed by atoms with Crippen molar-refractivity contribution < 1.29 is 13.2 Å². The van der Waals surface area contributed by atoms with Crippen LogP contribution in [0.4, 0.5) is 0 Å². The number of hydrogen-bond acceptors (Lipinski definition) is 5. The van der Waals surface area contributed by atoms with Gasteiger partial charge in [-0.15, -0.1) is 0 Å². The number of sulfonamides is 1. The van der Waals surface area contributed by atoms with Crippen molar-refractivity contribution >= 4 is 10.0 Å². The highest BCUT2D eigenvalue weighted by Crippen LogP contribution is 2.35. The van der Waals surface area contributed by atoms with E-state index in [4.69, 9.17) is 10.5 Å². The van der Waals surface area contributed by atoms with Crippen molar-refractivity contribution in [2.75, 3.05) is 46.1 Å². The lowest BCUT2D eigenvalue weighted by Gasteiger charge is -2.50. The summed E-state index contributed by atoms with van der Waals surface area (Å²) in [6.45, 7) is 3.28. The van der Waals surface area contributed by atoms with E-state index >= 15 is 0 Å². The summed E-state index contributed by atoms with van der Waals surface area (Å²) in [5.41, 5.74) is 6.07. The molecule has 0 aromatic heterocycles. The molecule has 118 valence electrons. The van der Waals surface area contributed by atoms with E-state index in [2.05, 4.69) is 4.90 Å². The first-order valence-corrected chi connectivity index (χ1v) is 9.19. The van der Waals surface area contributed by atoms with Crippen LogP contribution in [-0.2, 0) is 14.8 Å². The molecule has 1 aliphatic carbocycles. The summed E-state index contributed by atoms with van der Waals surface area (Å²) in [4.78, 5) is 2.39. The Morgan fingerprint density at radius 3 is 2.45 bits per heavy atom. The average molecular weight is 305 g/mol. The number of nitrogens with zero attached hydrogens (tertiary/aromatic N) is 2. The quantitative estimate of drug-likeness (QED) is 0.782. The van der Waals surface area contributed by atoms with Crippen LogP contribution in [0.15, 0.2) is 0 Å². The molecule has 0 bridgehead atoms. The van der Waals surface area contributed by atoms with Crippen LogP contribution in [-0.4, -0.2) is 75.4 Å². The third-order valence-electron chi connectivity index (χ3n) is 4.87. The maximum Gasteiger partial charge on any atom is 0.211 e. The van der Waals surface area contributed by atoms with Crippen LogP contribution < -0.4 is 5.73 Å². The fourth-order valence-corrected chi connectivity index (χ4v) is 4.41. The van der Waals surface area contributed by atoms with Gasteiger partial charge in [0.1, 0.15) is 0 Å². The molecule has 2 rings (SSSR count). The first-order valence-electron chi connectivity index (χ1n) is 7.34. The summed E-state index contributed by atoms with van der Waals surface area (Å²) in [5, 5.41) is 0. The third kappa shape index (κ3) is 3.33. The van der Waals surface area contributed by atoms with E-state index in [0.717, 1.165) is 38.8 Å². The van der Waals surface area contributed by atoms with Gasteiger partial charge < -0.3 is 10.5 Å². The number of rotatable bonds is 4. The van der Waals surface area contributed by atoms with Crippen LogP contribution in [0.5, 0.6) is 0 Å². The maximum atomic E-state index is 11.6. The lowest BCUT2D eigenvalue weighted by Crippen LogP contribution is -2.62. The minimum Gasteiger partial charge on any atom is -0.381 e. The summed E-state index contributed by atoms with van der Waals surface area (Å²) in [6.07, 6.45) is 5.83. The fraction of sp³-hybridized carbons (Fsp3) is 1.00. The molecule has 20 heavy (non-hydrogen) atoms. The lowest BCUT2D eigenvalue weighted by molar-refractivity contribution is -0.0324. The summed E-state index contributed by atoms with van der Waals surface area (Å²) in [7, 11) is -1.31. The van der Waals surface area contributed by atoms with Crippen LogP contribution in [0.3, 0.4) is 0 Å². The van der Waals surface area contributed by atoms with Crippen LogP contribution in [0.25, 0.3) is 0 Å². The summed E-state index contributed by atoms with van der Waals surface area (Å²) in [5.74, 6) is 0. The minimum absolute atomic E-state index is 0.0114. The van der Waals surface area contributed by atoms with Gasteiger partial charge in [0, 0.05) is 45.4 Å². The van der Waals surface area contributed by atoms with E-state index in [-0.39, 0.29) is 11.6 Å². The van der Waals surface area contributed by atoms with Gasteiger partial charge in [0.05, 0.1) is 12.4 Å². The standard InChI is InChI=1S/C13H27N3O3S/c1-19-12-4-3-5-13(10-12,11-14)15-6-8-16(9-7-15)20(2,17)18/h12H,3-11,14H2,1-2H3. The summed E-state index contributed by atoms with van der Waals surface area (Å²) in [6, 6.07) is 0. The number of hydrogen-bond donors (Lipinski definition) is 1. The van der Waals surface area contributed by atoms with Crippen LogP contribution in [0.1, 0.15) is 25.7 Å². The molecular weight excluding hydrogens is 278 g/mol. The van der Waals surface area contributed by atoms with E-state index in [0.29, 0.717) is 19.6 Å². The molecule has 0 aromatic rings. The van der Waals surface area contributed by atoms with Crippen LogP contribution >= 0.6 is 0 Å². The number of nitrogens with two attached hydrogens (primary N) is 1. The topological polar surface area (TPSA) is 75.9 Å². The molecule has 1 saturated carbocycles. The Morgan fingerprint density at radius 1 is 1.30 bits per heavy atom. The van der Waals surface area contributed by atoms with E-state index in [9.17, 15) is 8.42 Å². The van der Waals surface area contributed by atoms with Gasteiger partial charge in [-0.1, -0.05) is 0 Å². The van der Waals surface area contributed by atoms with Gasteiger partial charge in [-0.3, -0.25) is 4.90 Å². The zero-order valence-corrected chi connectivity index (χ0v) is 13.4. The molecule has 2 N–H and O–H groups in total. The molecule has 0 aromatic carbocycles. The minimum atomic E-state index is -3.07. The first-order chi connectivity index (χ1) is 9.41. The fourth-order valence-electron chi connectivity index (χ4n) is 3.58. The Kier molecular flexibility index (Phi) is 5.07. The molecule has 0 amide bonds. The highest BCUT2D eigenvalue weighted by atomic mass is 32.2. The smallest absolute Gasteiger partial charge is 0.211 e. The van der Waals surface area contributed by atoms with E-state index in [1.807, 2.05) is 0 Å². The van der Waals surface area contributed by atoms with Crippen molar-refractivity contribution in [2.24, 2.45) is 5.73 Å². The SMILES string of the molecule is COC1CCCC(CN)(N2CCN(S(C)(=O)=O)CC2)C1. The molecule has 2 aliphatic rings. The molecule has 2 atom stereocenters. The molecule has 0 spiro atoms. The van der Waals surface area contributed by atoms with Gasteiger partial charge in [0.2, 0.25) is 10.0 Å². The van der Waals surface area contributed by atoms with Gasteiger partial charge >= 0.3 is 0 Å². The zero-order chi connectivity index (χ0) is 14.8. The Balaban J connectivity index is 2.03. The monoisotopic (exact) mass is 305 g/mol. The van der Waals surface area contributed by atoms with Gasteiger partial charge in [0.15, 0.2) is 0 Å². The van der Waals surface area contributed by atoms with E-state index in [1.165, 1.54) is 6.26 Å². The predicted octanol–water partition coefficient (Wildman–Crippen LogP) is -0.150. The largest absolute Gasteiger partial charge is 0.381 e. The third-order valence-corrected chi connectivity index (χ3v) is 6.17. The van der Waals surface area contributed by atoms with E-state index in [1.54, 1.807) is 11.4 Å². The number of methoxy groups -OCH3 is 1. The van der Waals surface area contributed by atoms with Crippen molar-refractivity contribution in [1.29, 1.82) is 0 Å². The van der Waals surface area contributed by atoms with Crippen molar-refractivity contribution in [3.8, 4) is 0 Å².